The first kappa shape index (κ1) is 14.2. The van der Waals surface area contributed by atoms with E-state index in [1.54, 1.807) is 0 Å². The Labute approximate surface area is 106 Å². The van der Waals surface area contributed by atoms with Crippen LogP contribution in [0.2, 0.25) is 0 Å². The molecule has 1 aromatic carbocycles. The Kier molecular flexibility index (Phi) is 6.90. The molecule has 0 aliphatic heterocycles. The predicted molar refractivity (Wildman–Crippen MR) is 75.0 cm³/mol. The van der Waals surface area contributed by atoms with E-state index in [-0.39, 0.29) is 6.04 Å². The second-order valence-corrected chi connectivity index (χ2v) is 4.82. The number of hydrogen-bond donors (Lipinski definition) is 2. The number of hydrogen-bond acceptors (Lipinski definition) is 2. The Morgan fingerprint density at radius 3 is 2.53 bits per heavy atom. The van der Waals surface area contributed by atoms with E-state index in [9.17, 15) is 0 Å². The number of unbranched alkanes of at least 4 members (excludes halogenated alkanes) is 2. The monoisotopic (exact) mass is 234 g/mol. The van der Waals surface area contributed by atoms with Crippen molar-refractivity contribution in [2.45, 2.75) is 51.6 Å². The molecular weight excluding hydrogens is 208 g/mol. The summed E-state index contributed by atoms with van der Waals surface area (Å²) >= 11 is 0. The van der Waals surface area contributed by atoms with Crippen molar-refractivity contribution < 1.29 is 0 Å². The van der Waals surface area contributed by atoms with Gasteiger partial charge >= 0.3 is 0 Å². The smallest absolute Gasteiger partial charge is 0.0421 e. The maximum absolute atomic E-state index is 6.14. The highest BCUT2D eigenvalue weighted by molar-refractivity contribution is 5.18. The summed E-state index contributed by atoms with van der Waals surface area (Å²) in [5.41, 5.74) is 7.34. The van der Waals surface area contributed by atoms with Crippen LogP contribution < -0.4 is 11.1 Å². The molecule has 1 rings (SSSR count). The number of nitrogens with two attached hydrogens (primary N) is 1. The van der Waals surface area contributed by atoms with E-state index in [4.69, 9.17) is 5.73 Å². The first-order valence-electron chi connectivity index (χ1n) is 6.78. The molecule has 0 radical (unpaired) electrons. The molecule has 96 valence electrons. The lowest BCUT2D eigenvalue weighted by atomic mass is 10.1. The van der Waals surface area contributed by atoms with Gasteiger partial charge in [-0.1, -0.05) is 56.5 Å². The van der Waals surface area contributed by atoms with Crippen molar-refractivity contribution >= 4 is 0 Å². The van der Waals surface area contributed by atoms with Gasteiger partial charge < -0.3 is 11.1 Å². The lowest BCUT2D eigenvalue weighted by Crippen LogP contribution is -2.33. The highest BCUT2D eigenvalue weighted by Crippen LogP contribution is 2.09. The van der Waals surface area contributed by atoms with E-state index in [1.807, 2.05) is 18.2 Å². The maximum atomic E-state index is 6.14. The summed E-state index contributed by atoms with van der Waals surface area (Å²) in [4.78, 5) is 0. The molecule has 0 heterocycles. The molecule has 0 amide bonds. The largest absolute Gasteiger partial charge is 0.323 e. The van der Waals surface area contributed by atoms with Gasteiger partial charge in [0.2, 0.25) is 0 Å². The molecule has 0 aromatic heterocycles. The Balaban J connectivity index is 2.21. The third kappa shape index (κ3) is 5.85. The van der Waals surface area contributed by atoms with Gasteiger partial charge in [-0.3, -0.25) is 0 Å². The third-order valence-corrected chi connectivity index (χ3v) is 3.15. The van der Waals surface area contributed by atoms with Gasteiger partial charge in [-0.25, -0.2) is 0 Å². The zero-order chi connectivity index (χ0) is 12.5. The fourth-order valence-corrected chi connectivity index (χ4v) is 1.95. The van der Waals surface area contributed by atoms with Crippen LogP contribution in [0.15, 0.2) is 30.3 Å². The Morgan fingerprint density at radius 2 is 1.88 bits per heavy atom. The van der Waals surface area contributed by atoms with E-state index in [1.165, 1.54) is 31.2 Å². The molecule has 0 aliphatic rings. The van der Waals surface area contributed by atoms with Crippen molar-refractivity contribution in [3.63, 3.8) is 0 Å². The molecule has 0 bridgehead atoms. The van der Waals surface area contributed by atoms with Gasteiger partial charge in [0.25, 0.3) is 0 Å². The molecule has 2 nitrogen and oxygen atoms in total. The first-order chi connectivity index (χ1) is 8.24. The Morgan fingerprint density at radius 1 is 1.18 bits per heavy atom. The van der Waals surface area contributed by atoms with Gasteiger partial charge in [-0.2, -0.15) is 0 Å². The minimum atomic E-state index is 0.102. The summed E-state index contributed by atoms with van der Waals surface area (Å²) in [6.45, 7) is 5.34. The molecular formula is C15H26N2. The van der Waals surface area contributed by atoms with Gasteiger partial charge in [-0.15, -0.1) is 0 Å². The average Bonchev–Trinajstić information content (AvgIpc) is 2.37. The van der Waals surface area contributed by atoms with Crippen LogP contribution in [-0.4, -0.2) is 12.6 Å². The van der Waals surface area contributed by atoms with Gasteiger partial charge in [-0.05, 0) is 18.9 Å². The topological polar surface area (TPSA) is 38.0 Å². The molecule has 0 aliphatic carbocycles. The molecule has 0 saturated carbocycles. The molecule has 0 saturated heterocycles. The van der Waals surface area contributed by atoms with Crippen LogP contribution in [0.4, 0.5) is 0 Å². The molecule has 2 atom stereocenters. The standard InChI is InChI=1S/C15H26N2/c1-3-4-6-9-13(2)17-12-15(16)14-10-7-5-8-11-14/h5,7-8,10-11,13,15,17H,3-4,6,9,12,16H2,1-2H3. The molecule has 0 fully saturated rings. The van der Waals surface area contributed by atoms with Gasteiger partial charge in [0.05, 0.1) is 0 Å². The van der Waals surface area contributed by atoms with Gasteiger partial charge in [0.1, 0.15) is 0 Å². The second-order valence-electron chi connectivity index (χ2n) is 4.82. The highest BCUT2D eigenvalue weighted by atomic mass is 14.9. The van der Waals surface area contributed by atoms with Crippen LogP contribution in [0.5, 0.6) is 0 Å². The SMILES string of the molecule is CCCCCC(C)NCC(N)c1ccccc1. The minimum absolute atomic E-state index is 0.102. The van der Waals surface area contributed by atoms with Crippen LogP contribution in [0, 0.1) is 0 Å². The van der Waals surface area contributed by atoms with E-state index < -0.39 is 0 Å². The Hall–Kier alpha value is -0.860. The number of benzene rings is 1. The zero-order valence-electron chi connectivity index (χ0n) is 11.2. The van der Waals surface area contributed by atoms with Crippen LogP contribution >= 0.6 is 0 Å². The van der Waals surface area contributed by atoms with Crippen molar-refractivity contribution in [3.05, 3.63) is 35.9 Å². The molecule has 0 spiro atoms. The highest BCUT2D eigenvalue weighted by Gasteiger charge is 2.07. The molecule has 2 unspecified atom stereocenters. The molecule has 3 N–H and O–H groups in total. The third-order valence-electron chi connectivity index (χ3n) is 3.15. The van der Waals surface area contributed by atoms with Gasteiger partial charge in [0, 0.05) is 18.6 Å². The first-order valence-corrected chi connectivity index (χ1v) is 6.78. The van der Waals surface area contributed by atoms with E-state index >= 15 is 0 Å². The fraction of sp³-hybridized carbons (Fsp3) is 0.600. The molecule has 1 aromatic rings. The van der Waals surface area contributed by atoms with Crippen molar-refractivity contribution in [1.82, 2.24) is 5.32 Å². The van der Waals surface area contributed by atoms with E-state index in [0.29, 0.717) is 6.04 Å². The summed E-state index contributed by atoms with van der Waals surface area (Å²) in [6, 6.07) is 11.0. The summed E-state index contributed by atoms with van der Waals surface area (Å²) in [7, 11) is 0. The molecule has 2 heteroatoms. The summed E-state index contributed by atoms with van der Waals surface area (Å²) in [5, 5.41) is 3.51. The lowest BCUT2D eigenvalue weighted by molar-refractivity contribution is 0.467. The summed E-state index contributed by atoms with van der Waals surface area (Å²) in [5.74, 6) is 0. The minimum Gasteiger partial charge on any atom is -0.323 e. The number of nitrogens with one attached hydrogen (secondary N) is 1. The average molecular weight is 234 g/mol. The lowest BCUT2D eigenvalue weighted by Gasteiger charge is -2.18. The van der Waals surface area contributed by atoms with Crippen molar-refractivity contribution in [1.29, 1.82) is 0 Å². The van der Waals surface area contributed by atoms with Crippen LogP contribution in [0.25, 0.3) is 0 Å². The molecule has 17 heavy (non-hydrogen) atoms. The zero-order valence-corrected chi connectivity index (χ0v) is 11.2. The predicted octanol–water partition coefficient (Wildman–Crippen LogP) is 3.24. The van der Waals surface area contributed by atoms with E-state index in [2.05, 4.69) is 31.3 Å². The quantitative estimate of drug-likeness (QED) is 0.678. The summed E-state index contributed by atoms with van der Waals surface area (Å²) in [6.07, 6.45) is 5.17. The van der Waals surface area contributed by atoms with E-state index in [0.717, 1.165) is 6.54 Å². The Bertz CT molecular complexity index is 284. The second kappa shape index (κ2) is 8.26. The van der Waals surface area contributed by atoms with Crippen molar-refractivity contribution in [2.24, 2.45) is 5.73 Å². The summed E-state index contributed by atoms with van der Waals surface area (Å²) < 4.78 is 0. The van der Waals surface area contributed by atoms with Crippen LogP contribution in [-0.2, 0) is 0 Å². The van der Waals surface area contributed by atoms with Crippen LogP contribution in [0.1, 0.15) is 51.1 Å². The maximum Gasteiger partial charge on any atom is 0.0421 e. The van der Waals surface area contributed by atoms with Crippen molar-refractivity contribution in [2.75, 3.05) is 6.54 Å². The van der Waals surface area contributed by atoms with Gasteiger partial charge in [0.15, 0.2) is 0 Å². The fourth-order valence-electron chi connectivity index (χ4n) is 1.95. The number of rotatable bonds is 8. The normalized spacial score (nSPS) is 14.5. The van der Waals surface area contributed by atoms with Crippen LogP contribution in [0.3, 0.4) is 0 Å². The van der Waals surface area contributed by atoms with Crippen molar-refractivity contribution in [3.8, 4) is 0 Å².